The first-order valence-corrected chi connectivity index (χ1v) is 9.28. The summed E-state index contributed by atoms with van der Waals surface area (Å²) in [5, 5.41) is 9.35. The number of ether oxygens (including phenoxy) is 2. The van der Waals surface area contributed by atoms with Crippen LogP contribution in [0.1, 0.15) is 6.92 Å². The van der Waals surface area contributed by atoms with Gasteiger partial charge >= 0.3 is 0 Å². The first-order chi connectivity index (χ1) is 12.2. The van der Waals surface area contributed by atoms with Crippen molar-refractivity contribution in [3.63, 3.8) is 0 Å². The van der Waals surface area contributed by atoms with Crippen LogP contribution in [-0.2, 0) is 16.1 Å². The van der Waals surface area contributed by atoms with Crippen LogP contribution < -0.4 is 4.74 Å². The molecule has 0 atom stereocenters. The van der Waals surface area contributed by atoms with Gasteiger partial charge in [0.2, 0.25) is 5.91 Å². The van der Waals surface area contributed by atoms with E-state index >= 15 is 0 Å². The van der Waals surface area contributed by atoms with E-state index in [1.54, 1.807) is 7.11 Å². The molecule has 1 amide bonds. The van der Waals surface area contributed by atoms with Crippen molar-refractivity contribution in [3.8, 4) is 17.1 Å². The molecule has 2 heterocycles. The van der Waals surface area contributed by atoms with Crippen molar-refractivity contribution < 1.29 is 14.3 Å². The second kappa shape index (κ2) is 8.35. The third-order valence-electron chi connectivity index (χ3n) is 4.07. The number of nitrogens with zero attached hydrogens (tertiary/aromatic N) is 4. The Morgan fingerprint density at radius 1 is 1.28 bits per heavy atom. The molecule has 1 fully saturated rings. The number of aromatic nitrogens is 3. The molecule has 0 saturated carbocycles. The monoisotopic (exact) mass is 362 g/mol. The summed E-state index contributed by atoms with van der Waals surface area (Å²) in [6, 6.07) is 7.73. The van der Waals surface area contributed by atoms with E-state index in [-0.39, 0.29) is 5.91 Å². The zero-order valence-electron chi connectivity index (χ0n) is 14.5. The summed E-state index contributed by atoms with van der Waals surface area (Å²) < 4.78 is 12.7. The number of methoxy groups -OCH3 is 1. The van der Waals surface area contributed by atoms with Gasteiger partial charge in [0.25, 0.3) is 0 Å². The van der Waals surface area contributed by atoms with Crippen molar-refractivity contribution in [3.05, 3.63) is 24.3 Å². The van der Waals surface area contributed by atoms with Crippen molar-refractivity contribution in [2.45, 2.75) is 18.6 Å². The summed E-state index contributed by atoms with van der Waals surface area (Å²) in [5.74, 6) is 1.97. The SMILES string of the molecule is CCn1c(SCC(=O)N2CCOCC2)nnc1-c1ccccc1OC. The second-order valence-corrected chi connectivity index (χ2v) is 6.48. The number of rotatable bonds is 6. The molecule has 0 unspecified atom stereocenters. The Labute approximate surface area is 151 Å². The van der Waals surface area contributed by atoms with Gasteiger partial charge in [0.05, 0.1) is 31.6 Å². The maximum absolute atomic E-state index is 12.3. The molecule has 8 heteroatoms. The van der Waals surface area contributed by atoms with Crippen LogP contribution in [0, 0.1) is 0 Å². The van der Waals surface area contributed by atoms with Gasteiger partial charge < -0.3 is 18.9 Å². The maximum Gasteiger partial charge on any atom is 0.233 e. The fourth-order valence-corrected chi connectivity index (χ4v) is 3.64. The highest BCUT2D eigenvalue weighted by Gasteiger charge is 2.20. The predicted octanol–water partition coefficient (Wildman–Crippen LogP) is 1.92. The van der Waals surface area contributed by atoms with Crippen molar-refractivity contribution in [2.75, 3.05) is 39.2 Å². The minimum absolute atomic E-state index is 0.109. The summed E-state index contributed by atoms with van der Waals surface area (Å²) in [4.78, 5) is 14.2. The summed E-state index contributed by atoms with van der Waals surface area (Å²) >= 11 is 1.42. The van der Waals surface area contributed by atoms with E-state index in [2.05, 4.69) is 10.2 Å². The third-order valence-corrected chi connectivity index (χ3v) is 5.02. The minimum atomic E-state index is 0.109. The summed E-state index contributed by atoms with van der Waals surface area (Å²) in [5.41, 5.74) is 0.894. The zero-order chi connectivity index (χ0) is 17.6. The molecular formula is C17H22N4O3S. The highest BCUT2D eigenvalue weighted by Crippen LogP contribution is 2.30. The van der Waals surface area contributed by atoms with Crippen LogP contribution in [-0.4, -0.2) is 64.7 Å². The zero-order valence-corrected chi connectivity index (χ0v) is 15.3. The summed E-state index contributed by atoms with van der Waals surface area (Å²) in [7, 11) is 1.64. The average molecular weight is 362 g/mol. The van der Waals surface area contributed by atoms with Gasteiger partial charge in [-0.15, -0.1) is 10.2 Å². The molecule has 0 radical (unpaired) electrons. The van der Waals surface area contributed by atoms with Crippen LogP contribution in [0.15, 0.2) is 29.4 Å². The molecule has 1 aromatic carbocycles. The van der Waals surface area contributed by atoms with Gasteiger partial charge in [0, 0.05) is 19.6 Å². The molecule has 0 spiro atoms. The molecule has 1 saturated heterocycles. The van der Waals surface area contributed by atoms with Crippen molar-refractivity contribution in [1.29, 1.82) is 0 Å². The van der Waals surface area contributed by atoms with Crippen LogP contribution in [0.3, 0.4) is 0 Å². The fraction of sp³-hybridized carbons (Fsp3) is 0.471. The Kier molecular flexibility index (Phi) is 5.93. The van der Waals surface area contributed by atoms with E-state index in [1.165, 1.54) is 11.8 Å². The van der Waals surface area contributed by atoms with Gasteiger partial charge in [-0.05, 0) is 19.1 Å². The second-order valence-electron chi connectivity index (χ2n) is 5.53. The minimum Gasteiger partial charge on any atom is -0.496 e. The maximum atomic E-state index is 12.3. The molecule has 1 aromatic heterocycles. The lowest BCUT2D eigenvalue weighted by molar-refractivity contribution is -0.132. The largest absolute Gasteiger partial charge is 0.496 e. The van der Waals surface area contributed by atoms with Gasteiger partial charge in [-0.2, -0.15) is 0 Å². The number of benzene rings is 1. The van der Waals surface area contributed by atoms with Crippen LogP contribution in [0.25, 0.3) is 11.4 Å². The van der Waals surface area contributed by atoms with Crippen LogP contribution in [0.4, 0.5) is 0 Å². The van der Waals surface area contributed by atoms with Gasteiger partial charge in [0.15, 0.2) is 11.0 Å². The van der Waals surface area contributed by atoms with E-state index in [0.29, 0.717) is 38.6 Å². The predicted molar refractivity (Wildman–Crippen MR) is 95.8 cm³/mol. The molecule has 2 aromatic rings. The van der Waals surface area contributed by atoms with Crippen LogP contribution >= 0.6 is 11.8 Å². The van der Waals surface area contributed by atoms with Gasteiger partial charge in [0.1, 0.15) is 5.75 Å². The Morgan fingerprint density at radius 3 is 2.76 bits per heavy atom. The topological polar surface area (TPSA) is 69.5 Å². The van der Waals surface area contributed by atoms with Gasteiger partial charge in [-0.25, -0.2) is 0 Å². The number of hydrogen-bond acceptors (Lipinski definition) is 6. The Balaban J connectivity index is 1.75. The molecule has 1 aliphatic rings. The number of carbonyl (C=O) groups is 1. The van der Waals surface area contributed by atoms with Crippen molar-refractivity contribution in [2.24, 2.45) is 0 Å². The first kappa shape index (κ1) is 17.8. The van der Waals surface area contributed by atoms with E-state index in [9.17, 15) is 4.79 Å². The number of para-hydroxylation sites is 1. The highest BCUT2D eigenvalue weighted by molar-refractivity contribution is 7.99. The first-order valence-electron chi connectivity index (χ1n) is 8.29. The molecule has 7 nitrogen and oxygen atoms in total. The molecular weight excluding hydrogens is 340 g/mol. The number of morpholine rings is 1. The Morgan fingerprint density at radius 2 is 2.04 bits per heavy atom. The molecule has 0 bridgehead atoms. The highest BCUT2D eigenvalue weighted by atomic mass is 32.2. The smallest absolute Gasteiger partial charge is 0.233 e. The summed E-state index contributed by atoms with van der Waals surface area (Å²) in [6.07, 6.45) is 0. The molecule has 0 aliphatic carbocycles. The Bertz CT molecular complexity index is 728. The number of carbonyl (C=O) groups excluding carboxylic acids is 1. The quantitative estimate of drug-likeness (QED) is 0.732. The normalized spacial score (nSPS) is 14.6. The van der Waals surface area contributed by atoms with Crippen LogP contribution in [0.2, 0.25) is 0 Å². The number of thioether (sulfide) groups is 1. The molecule has 3 rings (SSSR count). The lowest BCUT2D eigenvalue weighted by Gasteiger charge is -2.26. The number of hydrogen-bond donors (Lipinski definition) is 0. The van der Waals surface area contributed by atoms with Gasteiger partial charge in [-0.3, -0.25) is 4.79 Å². The number of amides is 1. The van der Waals surface area contributed by atoms with E-state index in [0.717, 1.165) is 22.3 Å². The average Bonchev–Trinajstić information content (AvgIpc) is 3.09. The standard InChI is InChI=1S/C17H22N4O3S/c1-3-21-16(13-6-4-5-7-14(13)23-2)18-19-17(21)25-12-15(22)20-8-10-24-11-9-20/h4-7H,3,8-12H2,1-2H3. The Hall–Kier alpha value is -2.06. The van der Waals surface area contributed by atoms with Gasteiger partial charge in [-0.1, -0.05) is 23.9 Å². The molecule has 25 heavy (non-hydrogen) atoms. The van der Waals surface area contributed by atoms with Crippen molar-refractivity contribution in [1.82, 2.24) is 19.7 Å². The van der Waals surface area contributed by atoms with Crippen LogP contribution in [0.5, 0.6) is 5.75 Å². The molecule has 1 aliphatic heterocycles. The van der Waals surface area contributed by atoms with E-state index < -0.39 is 0 Å². The lowest BCUT2D eigenvalue weighted by atomic mass is 10.2. The fourth-order valence-electron chi connectivity index (χ4n) is 2.74. The van der Waals surface area contributed by atoms with E-state index in [1.807, 2.05) is 40.7 Å². The van der Waals surface area contributed by atoms with Crippen molar-refractivity contribution >= 4 is 17.7 Å². The summed E-state index contributed by atoms with van der Waals surface area (Å²) in [6.45, 7) is 5.29. The molecule has 134 valence electrons. The third kappa shape index (κ3) is 3.96. The lowest BCUT2D eigenvalue weighted by Crippen LogP contribution is -2.41. The molecule has 0 N–H and O–H groups in total. The van der Waals surface area contributed by atoms with E-state index in [4.69, 9.17) is 9.47 Å².